The molecule has 1 amide bonds. The minimum absolute atomic E-state index is 0.00305. The third-order valence-electron chi connectivity index (χ3n) is 5.52. The highest BCUT2D eigenvalue weighted by molar-refractivity contribution is 7.91. The molecule has 1 atom stereocenters. The fraction of sp³-hybridized carbons (Fsp3) is 0.579. The molecular formula is C19H25NO6S. The Morgan fingerprint density at radius 3 is 2.48 bits per heavy atom. The van der Waals surface area contributed by atoms with E-state index in [0.717, 1.165) is 12.0 Å². The highest BCUT2D eigenvalue weighted by Gasteiger charge is 2.59. The van der Waals surface area contributed by atoms with Crippen LogP contribution in [0.15, 0.2) is 24.3 Å². The first kappa shape index (κ1) is 19.7. The maximum atomic E-state index is 12.4. The summed E-state index contributed by atoms with van der Waals surface area (Å²) in [7, 11) is -2.91. The Hall–Kier alpha value is -2.09. The largest absolute Gasteiger partial charge is 0.494 e. The first-order valence-electron chi connectivity index (χ1n) is 9.21. The Labute approximate surface area is 159 Å². The molecule has 1 aliphatic carbocycles. The van der Waals surface area contributed by atoms with Crippen LogP contribution < -0.4 is 10.1 Å². The van der Waals surface area contributed by atoms with Crippen LogP contribution in [0.25, 0.3) is 0 Å². The first-order chi connectivity index (χ1) is 12.8. The summed E-state index contributed by atoms with van der Waals surface area (Å²) in [5.41, 5.74) is 0.852. The number of rotatable bonds is 8. The van der Waals surface area contributed by atoms with Crippen LogP contribution in [0, 0.1) is 11.3 Å². The smallest absolute Gasteiger partial charge is 0.303 e. The summed E-state index contributed by atoms with van der Waals surface area (Å²) in [6, 6.07) is 7.32. The maximum absolute atomic E-state index is 12.4. The number of amides is 1. The van der Waals surface area contributed by atoms with Crippen molar-refractivity contribution in [3.05, 3.63) is 29.8 Å². The van der Waals surface area contributed by atoms with E-state index < -0.39 is 15.8 Å². The second kappa shape index (κ2) is 7.88. The average Bonchev–Trinajstić information content (AvgIpc) is 3.35. The molecule has 3 rings (SSSR count). The number of carbonyl (C=O) groups is 2. The summed E-state index contributed by atoms with van der Waals surface area (Å²) in [5, 5.41) is 11.5. The topological polar surface area (TPSA) is 110 Å². The van der Waals surface area contributed by atoms with E-state index in [-0.39, 0.29) is 35.2 Å². The van der Waals surface area contributed by atoms with Crippen molar-refractivity contribution < 1.29 is 27.9 Å². The molecule has 2 N–H and O–H groups in total. The van der Waals surface area contributed by atoms with E-state index in [1.807, 2.05) is 12.1 Å². The van der Waals surface area contributed by atoms with Crippen molar-refractivity contribution in [2.24, 2.45) is 11.3 Å². The van der Waals surface area contributed by atoms with Crippen molar-refractivity contribution in [1.29, 1.82) is 0 Å². The molecule has 148 valence electrons. The van der Waals surface area contributed by atoms with E-state index >= 15 is 0 Å². The third kappa shape index (κ3) is 5.22. The maximum Gasteiger partial charge on any atom is 0.303 e. The average molecular weight is 395 g/mol. The zero-order valence-electron chi connectivity index (χ0n) is 15.1. The minimum Gasteiger partial charge on any atom is -0.494 e. The van der Waals surface area contributed by atoms with Gasteiger partial charge in [-0.15, -0.1) is 0 Å². The van der Waals surface area contributed by atoms with Gasteiger partial charge in [0, 0.05) is 18.9 Å². The number of carboxylic acids is 1. The van der Waals surface area contributed by atoms with E-state index in [4.69, 9.17) is 9.84 Å². The zero-order valence-corrected chi connectivity index (χ0v) is 16.0. The molecular weight excluding hydrogens is 370 g/mol. The lowest BCUT2D eigenvalue weighted by molar-refractivity contribution is -0.137. The Bertz CT molecular complexity index is 788. The predicted octanol–water partition coefficient (Wildman–Crippen LogP) is 1.76. The molecule has 1 saturated heterocycles. The van der Waals surface area contributed by atoms with Crippen LogP contribution in [0.2, 0.25) is 0 Å². The number of nitrogens with one attached hydrogen (secondary N) is 1. The number of sulfone groups is 1. The van der Waals surface area contributed by atoms with Gasteiger partial charge in [0.1, 0.15) is 15.6 Å². The van der Waals surface area contributed by atoms with Crippen LogP contribution in [0.4, 0.5) is 0 Å². The van der Waals surface area contributed by atoms with Crippen LogP contribution in [0.5, 0.6) is 5.75 Å². The fourth-order valence-corrected chi connectivity index (χ4v) is 5.28. The lowest BCUT2D eigenvalue weighted by Gasteiger charge is -2.22. The molecule has 1 aromatic rings. The van der Waals surface area contributed by atoms with Crippen LogP contribution >= 0.6 is 0 Å². The van der Waals surface area contributed by atoms with Gasteiger partial charge < -0.3 is 15.2 Å². The quantitative estimate of drug-likeness (QED) is 0.649. The molecule has 27 heavy (non-hydrogen) atoms. The normalized spacial score (nSPS) is 22.1. The Kier molecular flexibility index (Phi) is 5.74. The van der Waals surface area contributed by atoms with Crippen LogP contribution in [-0.4, -0.2) is 43.5 Å². The summed E-state index contributed by atoms with van der Waals surface area (Å²) in [4.78, 5) is 22.8. The summed E-state index contributed by atoms with van der Waals surface area (Å²) < 4.78 is 28.6. The van der Waals surface area contributed by atoms with Gasteiger partial charge in [-0.25, -0.2) is 8.42 Å². The molecule has 2 aliphatic rings. The Morgan fingerprint density at radius 2 is 1.85 bits per heavy atom. The number of carbonyl (C=O) groups excluding carboxylic acids is 1. The predicted molar refractivity (Wildman–Crippen MR) is 99.1 cm³/mol. The minimum atomic E-state index is -2.91. The fourth-order valence-electron chi connectivity index (χ4n) is 3.64. The van der Waals surface area contributed by atoms with Gasteiger partial charge in [-0.1, -0.05) is 12.1 Å². The zero-order chi connectivity index (χ0) is 19.5. The molecule has 1 aliphatic heterocycles. The third-order valence-corrected chi connectivity index (χ3v) is 7.17. The second-order valence-corrected chi connectivity index (χ2v) is 9.78. The number of aliphatic carboxylic acids is 1. The van der Waals surface area contributed by atoms with Crippen molar-refractivity contribution in [3.8, 4) is 5.75 Å². The van der Waals surface area contributed by atoms with Crippen molar-refractivity contribution in [1.82, 2.24) is 5.32 Å². The monoisotopic (exact) mass is 395 g/mol. The van der Waals surface area contributed by atoms with Gasteiger partial charge in [-0.05, 0) is 48.8 Å². The highest BCUT2D eigenvalue weighted by atomic mass is 32.2. The summed E-state index contributed by atoms with van der Waals surface area (Å²) >= 11 is 0. The Balaban J connectivity index is 1.40. The molecule has 7 nitrogen and oxygen atoms in total. The Morgan fingerprint density at radius 1 is 1.19 bits per heavy atom. The van der Waals surface area contributed by atoms with Crippen LogP contribution in [0.3, 0.4) is 0 Å². The molecule has 0 radical (unpaired) electrons. The van der Waals surface area contributed by atoms with Crippen LogP contribution in [0.1, 0.15) is 37.7 Å². The molecule has 1 saturated carbocycles. The van der Waals surface area contributed by atoms with E-state index in [0.29, 0.717) is 38.2 Å². The number of hydrogen-bond donors (Lipinski definition) is 2. The summed E-state index contributed by atoms with van der Waals surface area (Å²) in [6.45, 7) is 0.769. The van der Waals surface area contributed by atoms with E-state index in [1.165, 1.54) is 0 Å². The van der Waals surface area contributed by atoms with Gasteiger partial charge in [-0.2, -0.15) is 0 Å². The molecule has 2 fully saturated rings. The van der Waals surface area contributed by atoms with Crippen molar-refractivity contribution >= 4 is 21.7 Å². The number of benzene rings is 1. The standard InChI is InChI=1S/C19H25NO6S/c21-17(22)2-1-9-26-15-5-3-14(4-6-15)13-20-18(23)16-12-19(16)7-10-27(24,25)11-8-19/h3-6,16H,1-2,7-13H2,(H,20,23)(H,21,22). The lowest BCUT2D eigenvalue weighted by Crippen LogP contribution is -2.31. The molecule has 1 unspecified atom stereocenters. The van der Waals surface area contributed by atoms with Gasteiger partial charge in [0.2, 0.25) is 5.91 Å². The van der Waals surface area contributed by atoms with E-state index in [9.17, 15) is 18.0 Å². The molecule has 1 spiro atoms. The molecule has 8 heteroatoms. The first-order valence-corrected chi connectivity index (χ1v) is 11.0. The van der Waals surface area contributed by atoms with Crippen LogP contribution in [-0.2, 0) is 26.0 Å². The van der Waals surface area contributed by atoms with Gasteiger partial charge in [0.05, 0.1) is 18.1 Å². The van der Waals surface area contributed by atoms with Gasteiger partial charge >= 0.3 is 5.97 Å². The summed E-state index contributed by atoms with van der Waals surface area (Å²) in [6.07, 6.45) is 2.52. The van der Waals surface area contributed by atoms with Crippen molar-refractivity contribution in [2.45, 2.75) is 38.6 Å². The van der Waals surface area contributed by atoms with Gasteiger partial charge in [0.15, 0.2) is 0 Å². The molecule has 1 aromatic carbocycles. The number of hydrogen-bond acceptors (Lipinski definition) is 5. The van der Waals surface area contributed by atoms with Gasteiger partial charge in [-0.3, -0.25) is 9.59 Å². The molecule has 0 bridgehead atoms. The molecule has 1 heterocycles. The lowest BCUT2D eigenvalue weighted by atomic mass is 9.96. The SMILES string of the molecule is O=C(O)CCCOc1ccc(CNC(=O)C2CC23CCS(=O)(=O)CC3)cc1. The molecule has 0 aromatic heterocycles. The number of ether oxygens (including phenoxy) is 1. The van der Waals surface area contributed by atoms with Crippen molar-refractivity contribution in [2.75, 3.05) is 18.1 Å². The van der Waals surface area contributed by atoms with Crippen molar-refractivity contribution in [3.63, 3.8) is 0 Å². The van der Waals surface area contributed by atoms with Gasteiger partial charge in [0.25, 0.3) is 0 Å². The van der Waals surface area contributed by atoms with E-state index in [1.54, 1.807) is 12.1 Å². The summed E-state index contributed by atoms with van der Waals surface area (Å²) in [5.74, 6) is 0.167. The second-order valence-electron chi connectivity index (χ2n) is 7.48. The highest BCUT2D eigenvalue weighted by Crippen LogP contribution is 2.59. The van der Waals surface area contributed by atoms with E-state index in [2.05, 4.69) is 5.32 Å². The number of carboxylic acid groups (broad SMARTS) is 1.